The minimum atomic E-state index is -0.0233. The molecule has 0 amide bonds. The Morgan fingerprint density at radius 1 is 1.37 bits per heavy atom. The second-order valence-electron chi connectivity index (χ2n) is 4.93. The molecule has 0 fully saturated rings. The standard InChI is InChI=1S/C15H26N2O2/c1-4-7-13(16)14(11-18)17(2)10-12-8-5-6-9-15(12)19-3/h5-6,8-9,13-14,18H,4,7,10-11,16H2,1-3H3. The molecular weight excluding hydrogens is 240 g/mol. The van der Waals surface area contributed by atoms with Crippen LogP contribution in [0.2, 0.25) is 0 Å². The number of hydrogen-bond donors (Lipinski definition) is 2. The zero-order chi connectivity index (χ0) is 14.3. The number of ether oxygens (including phenoxy) is 1. The van der Waals surface area contributed by atoms with Crippen LogP contribution in [0.15, 0.2) is 24.3 Å². The maximum Gasteiger partial charge on any atom is 0.123 e. The first-order chi connectivity index (χ1) is 9.13. The minimum absolute atomic E-state index is 0.00490. The lowest BCUT2D eigenvalue weighted by Gasteiger charge is -2.31. The van der Waals surface area contributed by atoms with Crippen molar-refractivity contribution in [2.75, 3.05) is 20.8 Å². The van der Waals surface area contributed by atoms with Gasteiger partial charge in [0.1, 0.15) is 5.75 Å². The summed E-state index contributed by atoms with van der Waals surface area (Å²) in [4.78, 5) is 2.10. The van der Waals surface area contributed by atoms with Crippen LogP contribution in [-0.2, 0) is 6.54 Å². The highest BCUT2D eigenvalue weighted by Gasteiger charge is 2.21. The molecule has 1 rings (SSSR count). The second-order valence-corrected chi connectivity index (χ2v) is 4.93. The lowest BCUT2D eigenvalue weighted by Crippen LogP contribution is -2.48. The maximum absolute atomic E-state index is 9.55. The van der Waals surface area contributed by atoms with Crippen LogP contribution in [0.4, 0.5) is 0 Å². The lowest BCUT2D eigenvalue weighted by molar-refractivity contribution is 0.117. The van der Waals surface area contributed by atoms with Gasteiger partial charge in [0.15, 0.2) is 0 Å². The predicted molar refractivity (Wildman–Crippen MR) is 78.2 cm³/mol. The summed E-state index contributed by atoms with van der Waals surface area (Å²) in [7, 11) is 3.66. The minimum Gasteiger partial charge on any atom is -0.496 e. The van der Waals surface area contributed by atoms with Gasteiger partial charge in [-0.1, -0.05) is 31.5 Å². The summed E-state index contributed by atoms with van der Waals surface area (Å²) >= 11 is 0. The van der Waals surface area contributed by atoms with Gasteiger partial charge in [-0.2, -0.15) is 0 Å². The van der Waals surface area contributed by atoms with Gasteiger partial charge in [-0.3, -0.25) is 4.90 Å². The molecule has 0 bridgehead atoms. The third-order valence-electron chi connectivity index (χ3n) is 3.48. The molecule has 0 heterocycles. The first-order valence-electron chi connectivity index (χ1n) is 6.82. The van der Waals surface area contributed by atoms with Crippen molar-refractivity contribution in [1.82, 2.24) is 4.90 Å². The Morgan fingerprint density at radius 3 is 2.63 bits per heavy atom. The molecule has 4 heteroatoms. The molecule has 0 radical (unpaired) electrons. The number of methoxy groups -OCH3 is 1. The Kier molecular flexibility index (Phi) is 6.84. The molecule has 0 saturated carbocycles. The van der Waals surface area contributed by atoms with Crippen molar-refractivity contribution in [3.63, 3.8) is 0 Å². The number of aliphatic hydroxyl groups excluding tert-OH is 1. The fourth-order valence-electron chi connectivity index (χ4n) is 2.35. The molecule has 108 valence electrons. The topological polar surface area (TPSA) is 58.7 Å². The predicted octanol–water partition coefficient (Wildman–Crippen LogP) is 1.62. The van der Waals surface area contributed by atoms with Crippen molar-refractivity contribution in [2.24, 2.45) is 5.73 Å². The second kappa shape index (κ2) is 8.15. The lowest BCUT2D eigenvalue weighted by atomic mass is 10.0. The van der Waals surface area contributed by atoms with E-state index in [2.05, 4.69) is 11.8 Å². The van der Waals surface area contributed by atoms with Crippen molar-refractivity contribution in [2.45, 2.75) is 38.4 Å². The Hall–Kier alpha value is -1.10. The van der Waals surface area contributed by atoms with E-state index < -0.39 is 0 Å². The highest BCUT2D eigenvalue weighted by Crippen LogP contribution is 2.20. The van der Waals surface area contributed by atoms with Crippen LogP contribution in [0, 0.1) is 0 Å². The summed E-state index contributed by atoms with van der Waals surface area (Å²) in [6, 6.07) is 7.90. The SMILES string of the molecule is CCCC(N)C(CO)N(C)Cc1ccccc1OC. The van der Waals surface area contributed by atoms with Gasteiger partial charge >= 0.3 is 0 Å². The van der Waals surface area contributed by atoms with Gasteiger partial charge in [-0.05, 0) is 19.5 Å². The van der Waals surface area contributed by atoms with Gasteiger partial charge < -0.3 is 15.6 Å². The molecule has 1 aromatic carbocycles. The van der Waals surface area contributed by atoms with E-state index in [0.29, 0.717) is 6.54 Å². The molecule has 0 aromatic heterocycles. The summed E-state index contributed by atoms with van der Waals surface area (Å²) in [5.41, 5.74) is 7.24. The highest BCUT2D eigenvalue weighted by molar-refractivity contribution is 5.33. The maximum atomic E-state index is 9.55. The van der Waals surface area contributed by atoms with E-state index in [1.54, 1.807) is 7.11 Å². The van der Waals surface area contributed by atoms with Gasteiger partial charge in [0.05, 0.1) is 13.7 Å². The van der Waals surface area contributed by atoms with E-state index in [4.69, 9.17) is 10.5 Å². The Labute approximate surface area is 116 Å². The highest BCUT2D eigenvalue weighted by atomic mass is 16.5. The van der Waals surface area contributed by atoms with Crippen LogP contribution in [0.3, 0.4) is 0 Å². The van der Waals surface area contributed by atoms with Crippen LogP contribution < -0.4 is 10.5 Å². The van der Waals surface area contributed by atoms with Gasteiger partial charge in [-0.15, -0.1) is 0 Å². The normalized spacial score (nSPS) is 14.4. The Balaban J connectivity index is 2.73. The average Bonchev–Trinajstić information content (AvgIpc) is 2.40. The van der Waals surface area contributed by atoms with E-state index >= 15 is 0 Å². The van der Waals surface area contributed by atoms with Crippen molar-refractivity contribution >= 4 is 0 Å². The van der Waals surface area contributed by atoms with E-state index in [0.717, 1.165) is 24.2 Å². The molecule has 1 aromatic rings. The van der Waals surface area contributed by atoms with Crippen LogP contribution >= 0.6 is 0 Å². The molecule has 2 unspecified atom stereocenters. The summed E-state index contributed by atoms with van der Waals surface area (Å²) in [6.45, 7) is 2.90. The molecular formula is C15H26N2O2. The summed E-state index contributed by atoms with van der Waals surface area (Å²) in [6.07, 6.45) is 1.95. The van der Waals surface area contributed by atoms with E-state index in [9.17, 15) is 5.11 Å². The first-order valence-corrected chi connectivity index (χ1v) is 6.82. The number of hydrogen-bond acceptors (Lipinski definition) is 4. The number of nitrogens with zero attached hydrogens (tertiary/aromatic N) is 1. The van der Waals surface area contributed by atoms with Gasteiger partial charge in [0.2, 0.25) is 0 Å². The van der Waals surface area contributed by atoms with Gasteiger partial charge in [-0.25, -0.2) is 0 Å². The van der Waals surface area contributed by atoms with Crippen molar-refractivity contribution in [3.05, 3.63) is 29.8 Å². The van der Waals surface area contributed by atoms with Crippen LogP contribution in [0.25, 0.3) is 0 Å². The molecule has 2 atom stereocenters. The number of benzene rings is 1. The summed E-state index contributed by atoms with van der Waals surface area (Å²) < 4.78 is 5.35. The quantitative estimate of drug-likeness (QED) is 0.750. The fraction of sp³-hybridized carbons (Fsp3) is 0.600. The zero-order valence-electron chi connectivity index (χ0n) is 12.2. The monoisotopic (exact) mass is 266 g/mol. The van der Waals surface area contributed by atoms with E-state index in [1.165, 1.54) is 0 Å². The zero-order valence-corrected chi connectivity index (χ0v) is 12.2. The number of nitrogens with two attached hydrogens (primary N) is 1. The van der Waals surface area contributed by atoms with Crippen LogP contribution in [0.5, 0.6) is 5.75 Å². The smallest absolute Gasteiger partial charge is 0.123 e. The molecule has 3 N–H and O–H groups in total. The molecule has 4 nitrogen and oxygen atoms in total. The fourth-order valence-corrected chi connectivity index (χ4v) is 2.35. The Bertz CT molecular complexity index is 371. The van der Waals surface area contributed by atoms with Crippen molar-refractivity contribution in [1.29, 1.82) is 0 Å². The molecule has 19 heavy (non-hydrogen) atoms. The van der Waals surface area contributed by atoms with Crippen molar-refractivity contribution in [3.8, 4) is 5.75 Å². The Morgan fingerprint density at radius 2 is 2.05 bits per heavy atom. The van der Waals surface area contributed by atoms with Gasteiger partial charge in [0, 0.05) is 24.2 Å². The van der Waals surface area contributed by atoms with Crippen molar-refractivity contribution < 1.29 is 9.84 Å². The van der Waals surface area contributed by atoms with Crippen LogP contribution in [-0.4, -0.2) is 42.9 Å². The summed E-state index contributed by atoms with van der Waals surface area (Å²) in [5, 5.41) is 9.55. The molecule has 0 saturated heterocycles. The van der Waals surface area contributed by atoms with Crippen LogP contribution in [0.1, 0.15) is 25.3 Å². The third-order valence-corrected chi connectivity index (χ3v) is 3.48. The average molecular weight is 266 g/mol. The van der Waals surface area contributed by atoms with Gasteiger partial charge in [0.25, 0.3) is 0 Å². The molecule has 0 aliphatic rings. The van der Waals surface area contributed by atoms with E-state index in [-0.39, 0.29) is 18.7 Å². The first kappa shape index (κ1) is 16.0. The number of aliphatic hydroxyl groups is 1. The third kappa shape index (κ3) is 4.49. The molecule has 0 aliphatic heterocycles. The van der Waals surface area contributed by atoms with E-state index in [1.807, 2.05) is 31.3 Å². The number of likely N-dealkylation sites (N-methyl/N-ethyl adjacent to an activating group) is 1. The largest absolute Gasteiger partial charge is 0.496 e. The molecule has 0 spiro atoms. The number of rotatable bonds is 8. The molecule has 0 aliphatic carbocycles. The summed E-state index contributed by atoms with van der Waals surface area (Å²) in [5.74, 6) is 0.870. The number of para-hydroxylation sites is 1.